The number of nitrogen functional groups attached to an aromatic ring is 1. The van der Waals surface area contributed by atoms with Gasteiger partial charge in [0.25, 0.3) is 0 Å². The normalized spacial score (nSPS) is 10.2. The van der Waals surface area contributed by atoms with Crippen molar-refractivity contribution < 1.29 is 9.18 Å². The number of anilines is 2. The highest BCUT2D eigenvalue weighted by Crippen LogP contribution is 2.19. The summed E-state index contributed by atoms with van der Waals surface area (Å²) in [5.74, 6) is -0.398. The third-order valence-electron chi connectivity index (χ3n) is 2.32. The van der Waals surface area contributed by atoms with Crippen molar-refractivity contribution >= 4 is 29.0 Å². The second-order valence-electron chi connectivity index (χ2n) is 3.92. The smallest absolute Gasteiger partial charge is 0.234 e. The van der Waals surface area contributed by atoms with E-state index in [1.165, 1.54) is 30.0 Å². The fraction of sp³-hybridized carbons (Fsp3) is 0.0714. The monoisotopic (exact) mass is 276 g/mol. The van der Waals surface area contributed by atoms with E-state index >= 15 is 0 Å². The van der Waals surface area contributed by atoms with Crippen LogP contribution in [0.3, 0.4) is 0 Å². The van der Waals surface area contributed by atoms with Gasteiger partial charge in [0.15, 0.2) is 0 Å². The lowest BCUT2D eigenvalue weighted by Gasteiger charge is -2.06. The zero-order valence-electron chi connectivity index (χ0n) is 10.1. The fourth-order valence-corrected chi connectivity index (χ4v) is 2.27. The molecule has 2 aromatic rings. The molecule has 0 heterocycles. The van der Waals surface area contributed by atoms with Crippen LogP contribution in [0.4, 0.5) is 15.8 Å². The van der Waals surface area contributed by atoms with Gasteiger partial charge in [0.2, 0.25) is 5.91 Å². The summed E-state index contributed by atoms with van der Waals surface area (Å²) in [5.41, 5.74) is 6.16. The molecule has 0 spiro atoms. The summed E-state index contributed by atoms with van der Waals surface area (Å²) in [6.07, 6.45) is 0. The minimum atomic E-state index is -0.467. The molecule has 0 aromatic heterocycles. The second kappa shape index (κ2) is 6.24. The average molecular weight is 276 g/mol. The van der Waals surface area contributed by atoms with Crippen LogP contribution >= 0.6 is 11.8 Å². The van der Waals surface area contributed by atoms with Crippen molar-refractivity contribution in [3.63, 3.8) is 0 Å². The molecule has 0 aliphatic heterocycles. The Bertz CT molecular complexity index is 555. The Morgan fingerprint density at radius 2 is 1.95 bits per heavy atom. The van der Waals surface area contributed by atoms with Gasteiger partial charge in [-0.25, -0.2) is 4.39 Å². The lowest BCUT2D eigenvalue weighted by Crippen LogP contribution is -2.14. The summed E-state index contributed by atoms with van der Waals surface area (Å²) in [4.78, 5) is 12.7. The average Bonchev–Trinajstić information content (AvgIpc) is 2.36. The van der Waals surface area contributed by atoms with Crippen LogP contribution in [0.25, 0.3) is 0 Å². The zero-order chi connectivity index (χ0) is 13.7. The summed E-state index contributed by atoms with van der Waals surface area (Å²) in [6.45, 7) is 0. The molecule has 3 nitrogen and oxygen atoms in total. The highest BCUT2D eigenvalue weighted by atomic mass is 32.2. The number of benzene rings is 2. The number of halogens is 1. The van der Waals surface area contributed by atoms with E-state index < -0.39 is 5.82 Å². The van der Waals surface area contributed by atoms with E-state index in [2.05, 4.69) is 5.32 Å². The van der Waals surface area contributed by atoms with Crippen molar-refractivity contribution in [1.82, 2.24) is 0 Å². The third kappa shape index (κ3) is 4.30. The van der Waals surface area contributed by atoms with E-state index in [-0.39, 0.29) is 17.3 Å². The van der Waals surface area contributed by atoms with Gasteiger partial charge in [-0.2, -0.15) is 0 Å². The molecule has 0 saturated carbocycles. The maximum atomic E-state index is 13.1. The molecule has 1 amide bonds. The predicted molar refractivity (Wildman–Crippen MR) is 76.6 cm³/mol. The van der Waals surface area contributed by atoms with Gasteiger partial charge >= 0.3 is 0 Å². The molecule has 5 heteroatoms. The third-order valence-corrected chi connectivity index (χ3v) is 3.33. The molecule has 0 fully saturated rings. The quantitative estimate of drug-likeness (QED) is 0.666. The summed E-state index contributed by atoms with van der Waals surface area (Å²) in [5, 5.41) is 2.61. The van der Waals surface area contributed by atoms with Crippen molar-refractivity contribution in [2.24, 2.45) is 0 Å². The fourth-order valence-electron chi connectivity index (χ4n) is 1.55. The maximum absolute atomic E-state index is 13.1. The summed E-state index contributed by atoms with van der Waals surface area (Å²) < 4.78 is 13.1. The number of nitrogens with two attached hydrogens (primary N) is 1. The van der Waals surface area contributed by atoms with Gasteiger partial charge in [0.1, 0.15) is 5.82 Å². The number of hydrogen-bond acceptors (Lipinski definition) is 3. The number of carbonyl (C=O) groups excluding carboxylic acids is 1. The van der Waals surface area contributed by atoms with Crippen LogP contribution in [-0.4, -0.2) is 11.7 Å². The van der Waals surface area contributed by atoms with Crippen LogP contribution in [0.15, 0.2) is 53.4 Å². The van der Waals surface area contributed by atoms with Gasteiger partial charge in [-0.1, -0.05) is 18.2 Å². The van der Waals surface area contributed by atoms with Crippen molar-refractivity contribution in [2.45, 2.75) is 4.90 Å². The molecule has 0 unspecified atom stereocenters. The molecule has 0 radical (unpaired) electrons. The number of carbonyl (C=O) groups is 1. The Kier molecular flexibility index (Phi) is 4.41. The highest BCUT2D eigenvalue weighted by molar-refractivity contribution is 8.00. The highest BCUT2D eigenvalue weighted by Gasteiger charge is 2.05. The Hall–Kier alpha value is -2.01. The Labute approximate surface area is 115 Å². The first-order valence-electron chi connectivity index (χ1n) is 5.67. The van der Waals surface area contributed by atoms with E-state index in [1.54, 1.807) is 0 Å². The van der Waals surface area contributed by atoms with Crippen LogP contribution in [0, 0.1) is 5.82 Å². The van der Waals surface area contributed by atoms with Crippen LogP contribution < -0.4 is 11.1 Å². The first-order chi connectivity index (χ1) is 9.13. The second-order valence-corrected chi connectivity index (χ2v) is 4.97. The van der Waals surface area contributed by atoms with E-state index in [0.717, 1.165) is 4.90 Å². The number of nitrogens with one attached hydrogen (secondary N) is 1. The van der Waals surface area contributed by atoms with Crippen LogP contribution in [0.5, 0.6) is 0 Å². The summed E-state index contributed by atoms with van der Waals surface area (Å²) in [6, 6.07) is 13.6. The minimum absolute atomic E-state index is 0.196. The number of amides is 1. The lowest BCUT2D eigenvalue weighted by atomic mass is 10.2. The minimum Gasteiger partial charge on any atom is -0.399 e. The van der Waals surface area contributed by atoms with E-state index in [1.807, 2.05) is 30.3 Å². The number of hydrogen-bond donors (Lipinski definition) is 2. The number of rotatable bonds is 4. The lowest BCUT2D eigenvalue weighted by molar-refractivity contribution is -0.113. The van der Waals surface area contributed by atoms with Crippen molar-refractivity contribution in [3.05, 3.63) is 54.3 Å². The summed E-state index contributed by atoms with van der Waals surface area (Å²) in [7, 11) is 0. The largest absolute Gasteiger partial charge is 0.399 e. The molecule has 0 saturated heterocycles. The molecule has 19 heavy (non-hydrogen) atoms. The van der Waals surface area contributed by atoms with Gasteiger partial charge in [-0.15, -0.1) is 11.8 Å². The SMILES string of the molecule is Nc1cc(F)cc(NC(=O)CSc2ccccc2)c1. The molecular weight excluding hydrogens is 263 g/mol. The van der Waals surface area contributed by atoms with Gasteiger partial charge in [-0.05, 0) is 30.3 Å². The van der Waals surface area contributed by atoms with Gasteiger partial charge in [0, 0.05) is 16.3 Å². The topological polar surface area (TPSA) is 55.1 Å². The molecule has 0 aliphatic carbocycles. The molecule has 0 bridgehead atoms. The predicted octanol–water partition coefficient (Wildman–Crippen LogP) is 3.14. The van der Waals surface area contributed by atoms with Gasteiger partial charge in [0.05, 0.1) is 5.75 Å². The number of thioether (sulfide) groups is 1. The molecule has 3 N–H and O–H groups in total. The van der Waals surface area contributed by atoms with Crippen molar-refractivity contribution in [2.75, 3.05) is 16.8 Å². The summed E-state index contributed by atoms with van der Waals surface area (Å²) >= 11 is 1.42. The maximum Gasteiger partial charge on any atom is 0.234 e. The van der Waals surface area contributed by atoms with E-state index in [4.69, 9.17) is 5.73 Å². The Morgan fingerprint density at radius 3 is 2.63 bits per heavy atom. The van der Waals surface area contributed by atoms with Crippen LogP contribution in [0.2, 0.25) is 0 Å². The molecule has 0 aliphatic rings. The molecule has 98 valence electrons. The van der Waals surface area contributed by atoms with Gasteiger partial charge in [-0.3, -0.25) is 4.79 Å². The Balaban J connectivity index is 1.91. The zero-order valence-corrected chi connectivity index (χ0v) is 10.9. The van der Waals surface area contributed by atoms with Crippen LogP contribution in [-0.2, 0) is 4.79 Å². The first kappa shape index (κ1) is 13.4. The first-order valence-corrected chi connectivity index (χ1v) is 6.66. The Morgan fingerprint density at radius 1 is 1.21 bits per heavy atom. The van der Waals surface area contributed by atoms with E-state index in [9.17, 15) is 9.18 Å². The molecule has 2 aromatic carbocycles. The molecule has 2 rings (SSSR count). The van der Waals surface area contributed by atoms with Gasteiger partial charge < -0.3 is 11.1 Å². The van der Waals surface area contributed by atoms with Crippen molar-refractivity contribution in [3.8, 4) is 0 Å². The van der Waals surface area contributed by atoms with Crippen LogP contribution in [0.1, 0.15) is 0 Å². The van der Waals surface area contributed by atoms with E-state index in [0.29, 0.717) is 5.69 Å². The van der Waals surface area contributed by atoms with Crippen molar-refractivity contribution in [1.29, 1.82) is 0 Å². The molecular formula is C14H13FN2OS. The molecule has 0 atom stereocenters. The standard InChI is InChI=1S/C14H13FN2OS/c15-10-6-11(16)8-12(7-10)17-14(18)9-19-13-4-2-1-3-5-13/h1-8H,9,16H2,(H,17,18).